The van der Waals surface area contributed by atoms with Gasteiger partial charge in [-0.2, -0.15) is 4.98 Å². The first-order valence-electron chi connectivity index (χ1n) is 10.9. The van der Waals surface area contributed by atoms with Crippen LogP contribution in [0.25, 0.3) is 28.0 Å². The van der Waals surface area contributed by atoms with E-state index in [2.05, 4.69) is 33.2 Å². The predicted octanol–water partition coefficient (Wildman–Crippen LogP) is 7.03. The van der Waals surface area contributed by atoms with E-state index in [0.29, 0.717) is 33.2 Å². The molecule has 2 heterocycles. The van der Waals surface area contributed by atoms with Gasteiger partial charge in [-0.15, -0.1) is 0 Å². The van der Waals surface area contributed by atoms with Crippen LogP contribution in [-0.4, -0.2) is 26.0 Å². The zero-order valence-electron chi connectivity index (χ0n) is 18.1. The number of halogens is 1. The van der Waals surface area contributed by atoms with E-state index in [1.165, 1.54) is 30.0 Å². The van der Waals surface area contributed by atoms with Crippen molar-refractivity contribution in [3.8, 4) is 23.0 Å². The van der Waals surface area contributed by atoms with Gasteiger partial charge in [0, 0.05) is 5.56 Å². The molecule has 0 atom stereocenters. The van der Waals surface area contributed by atoms with Crippen LogP contribution in [-0.2, 0) is 0 Å². The fourth-order valence-electron chi connectivity index (χ4n) is 4.10. The zero-order chi connectivity index (χ0) is 22.9. The Kier molecular flexibility index (Phi) is 5.60. The average Bonchev–Trinajstić information content (AvgIpc) is 3.21. The number of rotatable bonds is 5. The van der Waals surface area contributed by atoms with Crippen LogP contribution < -0.4 is 4.74 Å². The number of carboxylic acid groups (broad SMARTS) is 1. The number of carbonyl (C=O) groups is 1. The number of H-pyrrole nitrogens is 1. The highest BCUT2D eigenvalue weighted by atomic mass is 35.5. The highest BCUT2D eigenvalue weighted by Gasteiger charge is 2.15. The molecule has 1 aliphatic carbocycles. The molecule has 7 heteroatoms. The van der Waals surface area contributed by atoms with Crippen LogP contribution in [0.1, 0.15) is 47.2 Å². The largest absolute Gasteiger partial charge is 0.478 e. The number of aryl methyl sites for hydroxylation is 1. The van der Waals surface area contributed by atoms with Crippen molar-refractivity contribution in [1.82, 2.24) is 15.0 Å². The second-order valence-electron chi connectivity index (χ2n) is 8.17. The summed E-state index contributed by atoms with van der Waals surface area (Å²) in [7, 11) is 0. The van der Waals surface area contributed by atoms with Crippen molar-refractivity contribution >= 4 is 34.3 Å². The molecule has 0 saturated heterocycles. The molecule has 0 saturated carbocycles. The maximum atomic E-state index is 11.4. The summed E-state index contributed by atoms with van der Waals surface area (Å²) in [5.41, 5.74) is 6.14. The third kappa shape index (κ3) is 4.34. The molecular formula is C26H22ClN3O3. The lowest BCUT2D eigenvalue weighted by Crippen LogP contribution is -2.00. The maximum absolute atomic E-state index is 11.4. The summed E-state index contributed by atoms with van der Waals surface area (Å²) >= 11 is 6.54. The summed E-state index contributed by atoms with van der Waals surface area (Å²) in [6.45, 7) is 1.74. The number of nitrogens with one attached hydrogen (secondary N) is 1. The number of aromatic amines is 1. The second kappa shape index (κ2) is 8.71. The molecule has 2 aromatic carbocycles. The number of hydrogen-bond acceptors (Lipinski definition) is 4. The molecule has 0 amide bonds. The van der Waals surface area contributed by atoms with E-state index in [9.17, 15) is 9.90 Å². The number of imidazole rings is 1. The molecule has 2 N–H and O–H groups in total. The van der Waals surface area contributed by atoms with Crippen LogP contribution in [0.15, 0.2) is 54.6 Å². The lowest BCUT2D eigenvalue weighted by atomic mass is 9.93. The van der Waals surface area contributed by atoms with E-state index in [4.69, 9.17) is 16.3 Å². The SMILES string of the molecule is Cc1ccc(Oc2nc3nc(-c4ccc(C5=CCCCC5)cc4)c(Cl)cc3[nH]2)cc1C(=O)O. The molecule has 0 bridgehead atoms. The third-order valence-electron chi connectivity index (χ3n) is 5.88. The smallest absolute Gasteiger partial charge is 0.336 e. The molecular weight excluding hydrogens is 438 g/mol. The molecule has 5 rings (SSSR count). The number of hydrogen-bond donors (Lipinski definition) is 2. The van der Waals surface area contributed by atoms with Gasteiger partial charge in [-0.3, -0.25) is 0 Å². The van der Waals surface area contributed by atoms with Crippen LogP contribution in [0.2, 0.25) is 5.02 Å². The maximum Gasteiger partial charge on any atom is 0.336 e. The third-order valence-corrected chi connectivity index (χ3v) is 6.17. The van der Waals surface area contributed by atoms with Crippen LogP contribution in [0.3, 0.4) is 0 Å². The summed E-state index contributed by atoms with van der Waals surface area (Å²) in [6.07, 6.45) is 7.09. The van der Waals surface area contributed by atoms with Crippen molar-refractivity contribution in [1.29, 1.82) is 0 Å². The van der Waals surface area contributed by atoms with Crippen LogP contribution in [0.4, 0.5) is 0 Å². The number of benzene rings is 2. The van der Waals surface area contributed by atoms with E-state index in [-0.39, 0.29) is 11.6 Å². The molecule has 0 radical (unpaired) electrons. The van der Waals surface area contributed by atoms with Gasteiger partial charge in [-0.25, -0.2) is 9.78 Å². The summed E-state index contributed by atoms with van der Waals surface area (Å²) in [4.78, 5) is 23.5. The standard InChI is InChI=1S/C26H22ClN3O3/c1-15-7-12-19(13-20(15)25(31)32)33-26-28-22-14-21(27)23(29-24(22)30-26)18-10-8-17(9-11-18)16-5-3-2-4-6-16/h5,7-14H,2-4,6H2,1H3,(H,31,32)(H,28,29,30). The van der Waals surface area contributed by atoms with Crippen LogP contribution in [0.5, 0.6) is 11.8 Å². The Morgan fingerprint density at radius 3 is 2.58 bits per heavy atom. The fraction of sp³-hybridized carbons (Fsp3) is 0.192. The second-order valence-corrected chi connectivity index (χ2v) is 8.58. The molecule has 33 heavy (non-hydrogen) atoms. The van der Waals surface area contributed by atoms with Gasteiger partial charge in [0.25, 0.3) is 0 Å². The van der Waals surface area contributed by atoms with Crippen molar-refractivity contribution in [3.05, 3.63) is 76.3 Å². The molecule has 0 fully saturated rings. The number of ether oxygens (including phenoxy) is 1. The Morgan fingerprint density at radius 1 is 1.06 bits per heavy atom. The normalized spacial score (nSPS) is 13.7. The first-order chi connectivity index (χ1) is 16.0. The van der Waals surface area contributed by atoms with Gasteiger partial charge in [0.05, 0.1) is 21.8 Å². The van der Waals surface area contributed by atoms with E-state index in [0.717, 1.165) is 18.4 Å². The lowest BCUT2D eigenvalue weighted by molar-refractivity contribution is 0.0695. The highest BCUT2D eigenvalue weighted by Crippen LogP contribution is 2.33. The number of aromatic nitrogens is 3. The van der Waals surface area contributed by atoms with Gasteiger partial charge in [0.1, 0.15) is 5.75 Å². The van der Waals surface area contributed by atoms with Crippen molar-refractivity contribution in [2.75, 3.05) is 0 Å². The summed E-state index contributed by atoms with van der Waals surface area (Å²) < 4.78 is 5.76. The number of nitrogens with zero attached hydrogens (tertiary/aromatic N) is 2. The van der Waals surface area contributed by atoms with Gasteiger partial charge >= 0.3 is 12.0 Å². The summed E-state index contributed by atoms with van der Waals surface area (Å²) in [5, 5.41) is 9.83. The topological polar surface area (TPSA) is 88.1 Å². The monoisotopic (exact) mass is 459 g/mol. The molecule has 166 valence electrons. The summed E-state index contributed by atoms with van der Waals surface area (Å²) in [5.74, 6) is -0.637. The van der Waals surface area contributed by atoms with E-state index in [1.54, 1.807) is 25.1 Å². The Morgan fingerprint density at radius 2 is 1.85 bits per heavy atom. The number of carboxylic acids is 1. The minimum atomic E-state index is -1.01. The fourth-order valence-corrected chi connectivity index (χ4v) is 4.36. The molecule has 0 aliphatic heterocycles. The van der Waals surface area contributed by atoms with Crippen molar-refractivity contribution < 1.29 is 14.6 Å². The molecule has 2 aromatic heterocycles. The van der Waals surface area contributed by atoms with Crippen molar-refractivity contribution in [3.63, 3.8) is 0 Å². The molecule has 6 nitrogen and oxygen atoms in total. The minimum absolute atomic E-state index is 0.180. The zero-order valence-corrected chi connectivity index (χ0v) is 18.8. The van der Waals surface area contributed by atoms with Crippen LogP contribution in [0, 0.1) is 6.92 Å². The Hall–Kier alpha value is -3.64. The number of aromatic carboxylic acids is 1. The first kappa shape index (κ1) is 21.2. The van der Waals surface area contributed by atoms with Gasteiger partial charge in [0.15, 0.2) is 5.65 Å². The number of fused-ring (bicyclic) bond motifs is 1. The highest BCUT2D eigenvalue weighted by molar-refractivity contribution is 6.33. The molecule has 0 spiro atoms. The molecule has 4 aromatic rings. The van der Waals surface area contributed by atoms with E-state index < -0.39 is 5.97 Å². The predicted molar refractivity (Wildman–Crippen MR) is 129 cm³/mol. The first-order valence-corrected chi connectivity index (χ1v) is 11.2. The van der Waals surface area contributed by atoms with Gasteiger partial charge in [-0.1, -0.05) is 48.0 Å². The lowest BCUT2D eigenvalue weighted by Gasteiger charge is -2.13. The quantitative estimate of drug-likeness (QED) is 0.334. The number of allylic oxidation sites excluding steroid dienone is 2. The Bertz CT molecular complexity index is 1390. The summed E-state index contributed by atoms with van der Waals surface area (Å²) in [6, 6.07) is 15.2. The van der Waals surface area contributed by atoms with Gasteiger partial charge in [0.2, 0.25) is 0 Å². The Labute approximate surface area is 195 Å². The molecule has 0 unspecified atom stereocenters. The minimum Gasteiger partial charge on any atom is -0.478 e. The van der Waals surface area contributed by atoms with Crippen molar-refractivity contribution in [2.24, 2.45) is 0 Å². The van der Waals surface area contributed by atoms with Gasteiger partial charge < -0.3 is 14.8 Å². The van der Waals surface area contributed by atoms with Crippen LogP contribution >= 0.6 is 11.6 Å². The van der Waals surface area contributed by atoms with Gasteiger partial charge in [-0.05, 0) is 67.5 Å². The molecule has 1 aliphatic rings. The van der Waals surface area contributed by atoms with Crippen molar-refractivity contribution in [2.45, 2.75) is 32.6 Å². The average molecular weight is 460 g/mol. The van der Waals surface area contributed by atoms with E-state index >= 15 is 0 Å². The number of pyridine rings is 1. The van der Waals surface area contributed by atoms with E-state index in [1.807, 2.05) is 12.1 Å². The Balaban J connectivity index is 1.43.